The number of aromatic nitrogens is 2. The van der Waals surface area contributed by atoms with Crippen LogP contribution in [0.4, 0.5) is 28.9 Å². The number of nitrogens with one attached hydrogen (secondary N) is 3. The predicted octanol–water partition coefficient (Wildman–Crippen LogP) is 3.05. The Hall–Kier alpha value is -4.03. The number of methoxy groups -OCH3 is 1. The highest BCUT2D eigenvalue weighted by molar-refractivity contribution is 7.89. The number of rotatable bonds is 8. The van der Waals surface area contributed by atoms with Crippen molar-refractivity contribution in [1.82, 2.24) is 19.0 Å². The second-order valence-corrected chi connectivity index (χ2v) is 11.7. The molecule has 1 aliphatic heterocycles. The quantitative estimate of drug-likeness (QED) is 0.263. The Bertz CT molecular complexity index is 1630. The molecule has 42 heavy (non-hydrogen) atoms. The van der Waals surface area contributed by atoms with E-state index in [4.69, 9.17) is 4.74 Å². The van der Waals surface area contributed by atoms with Crippen LogP contribution in [0.2, 0.25) is 0 Å². The number of ether oxygens (including phenoxy) is 1. The summed E-state index contributed by atoms with van der Waals surface area (Å²) >= 11 is 0. The molecule has 3 N–H and O–H groups in total. The van der Waals surface area contributed by atoms with Crippen molar-refractivity contribution in [2.45, 2.75) is 31.2 Å². The number of piperidine rings is 1. The molecule has 1 aliphatic rings. The van der Waals surface area contributed by atoms with Gasteiger partial charge in [-0.1, -0.05) is 11.8 Å². The minimum atomic E-state index is -4.49. The smallest absolute Gasteiger partial charge is 0.394 e. The number of likely N-dealkylation sites (tertiary alicyclic amines) is 1. The summed E-state index contributed by atoms with van der Waals surface area (Å²) in [6.45, 7) is 0.943. The summed E-state index contributed by atoms with van der Waals surface area (Å²) in [5.41, 5.74) is 1.21. The van der Waals surface area contributed by atoms with Gasteiger partial charge >= 0.3 is 6.18 Å². The molecule has 1 amide bonds. The lowest BCUT2D eigenvalue weighted by atomic mass is 10.0. The maximum Gasteiger partial charge on any atom is 0.394 e. The molecule has 0 aromatic carbocycles. The number of pyridine rings is 2. The zero-order valence-electron chi connectivity index (χ0n) is 23.0. The Morgan fingerprint density at radius 1 is 1.24 bits per heavy atom. The molecule has 1 fully saturated rings. The van der Waals surface area contributed by atoms with E-state index in [0.29, 0.717) is 29.9 Å². The molecule has 15 heteroatoms. The van der Waals surface area contributed by atoms with Crippen molar-refractivity contribution in [1.29, 1.82) is 0 Å². The van der Waals surface area contributed by atoms with Crippen molar-refractivity contribution in [2.75, 3.05) is 50.7 Å². The van der Waals surface area contributed by atoms with Crippen molar-refractivity contribution in [2.24, 2.45) is 0 Å². The van der Waals surface area contributed by atoms with Gasteiger partial charge < -0.3 is 24.7 Å². The normalized spacial score (nSPS) is 17.8. The van der Waals surface area contributed by atoms with Gasteiger partial charge in [-0.05, 0) is 43.8 Å². The first-order valence-electron chi connectivity index (χ1n) is 12.8. The number of amides is 1. The maximum atomic E-state index is 14.7. The van der Waals surface area contributed by atoms with E-state index in [-0.39, 0.29) is 35.9 Å². The van der Waals surface area contributed by atoms with Crippen molar-refractivity contribution in [3.63, 3.8) is 0 Å². The molecule has 0 spiro atoms. The largest absolute Gasteiger partial charge is 0.480 e. The van der Waals surface area contributed by atoms with Gasteiger partial charge in [0.25, 0.3) is 5.91 Å². The zero-order valence-corrected chi connectivity index (χ0v) is 23.9. The SMILES string of the molecule is COc1nc(C(=O)NS(C)(=O)=O)ccc1NCC#Cc1cc2c(N[C@@H]3CCN(C)C[C@@H]3F)cccn2c1CC(F)(F)F. The third-order valence-electron chi connectivity index (χ3n) is 6.52. The summed E-state index contributed by atoms with van der Waals surface area (Å²) in [5.74, 6) is 4.65. The number of sulfonamides is 1. The maximum absolute atomic E-state index is 14.7. The Morgan fingerprint density at radius 3 is 2.67 bits per heavy atom. The minimum Gasteiger partial charge on any atom is -0.480 e. The van der Waals surface area contributed by atoms with Gasteiger partial charge in [0, 0.05) is 30.5 Å². The van der Waals surface area contributed by atoms with Crippen LogP contribution in [0.15, 0.2) is 36.5 Å². The van der Waals surface area contributed by atoms with Gasteiger partial charge in [0.15, 0.2) is 0 Å². The molecule has 0 radical (unpaired) electrons. The third kappa shape index (κ3) is 7.83. The molecule has 10 nitrogen and oxygen atoms in total. The van der Waals surface area contributed by atoms with Crippen LogP contribution in [-0.4, -0.2) is 87.0 Å². The molecule has 3 aromatic rings. The average molecular weight is 611 g/mol. The van der Waals surface area contributed by atoms with Crippen molar-refractivity contribution < 1.29 is 35.5 Å². The molecule has 0 unspecified atom stereocenters. The van der Waals surface area contributed by atoms with Gasteiger partial charge in [-0.15, -0.1) is 0 Å². The van der Waals surface area contributed by atoms with E-state index in [2.05, 4.69) is 27.5 Å². The predicted molar refractivity (Wildman–Crippen MR) is 150 cm³/mol. The standard InChI is InChI=1S/C27H30F4N6O4S/c1-36-13-10-19(18(28)16-36)33-20-7-5-12-37-23(20)14-17(24(37)15-27(29,30)31)6-4-11-32-22-9-8-21(34-26(22)41-2)25(38)35-42(3,39)40/h5,7-9,12,14,18-19,32-33H,10-11,13,15-16H2,1-3H3,(H,35,38)/t18-,19+/m0/s1. The molecule has 4 heterocycles. The lowest BCUT2D eigenvalue weighted by molar-refractivity contribution is -0.128. The van der Waals surface area contributed by atoms with Gasteiger partial charge in [-0.25, -0.2) is 22.5 Å². The van der Waals surface area contributed by atoms with E-state index in [1.165, 1.54) is 29.8 Å². The van der Waals surface area contributed by atoms with Gasteiger partial charge in [-0.3, -0.25) is 4.79 Å². The number of hydrogen-bond acceptors (Lipinski definition) is 8. The molecule has 3 aromatic heterocycles. The molecular formula is C27H30F4N6O4S. The first-order chi connectivity index (χ1) is 19.7. The summed E-state index contributed by atoms with van der Waals surface area (Å²) < 4.78 is 86.3. The second-order valence-electron chi connectivity index (χ2n) is 9.90. The number of carbonyl (C=O) groups is 1. The summed E-state index contributed by atoms with van der Waals surface area (Å²) in [4.78, 5) is 17.9. The number of hydrogen-bond donors (Lipinski definition) is 3. The van der Waals surface area contributed by atoms with E-state index in [9.17, 15) is 30.8 Å². The number of halogens is 4. The third-order valence-corrected chi connectivity index (χ3v) is 7.08. The molecule has 0 aliphatic carbocycles. The highest BCUT2D eigenvalue weighted by atomic mass is 32.2. The number of fused-ring (bicyclic) bond motifs is 1. The summed E-state index contributed by atoms with van der Waals surface area (Å²) in [5, 5.41) is 6.10. The van der Waals surface area contributed by atoms with E-state index >= 15 is 0 Å². The fraction of sp³-hybridized carbons (Fsp3) is 0.407. The van der Waals surface area contributed by atoms with Crippen molar-refractivity contribution >= 4 is 32.8 Å². The highest BCUT2D eigenvalue weighted by Crippen LogP contribution is 2.30. The fourth-order valence-corrected chi connectivity index (χ4v) is 5.07. The van der Waals surface area contributed by atoms with Crippen LogP contribution in [-0.2, 0) is 16.4 Å². The number of alkyl halides is 4. The minimum absolute atomic E-state index is 0.0129. The van der Waals surface area contributed by atoms with Crippen LogP contribution in [0.1, 0.15) is 28.2 Å². The summed E-state index contributed by atoms with van der Waals surface area (Å²) in [6.07, 6.45) is -3.93. The Labute approximate surface area is 240 Å². The Kier molecular flexibility index (Phi) is 9.17. The molecule has 1 saturated heterocycles. The molecule has 2 atom stereocenters. The lowest BCUT2D eigenvalue weighted by Crippen LogP contribution is -2.46. The summed E-state index contributed by atoms with van der Waals surface area (Å²) in [7, 11) is -0.657. The van der Waals surface area contributed by atoms with Crippen LogP contribution in [0.25, 0.3) is 5.52 Å². The molecule has 226 valence electrons. The van der Waals surface area contributed by atoms with Gasteiger partial charge in [0.1, 0.15) is 11.9 Å². The second kappa shape index (κ2) is 12.5. The zero-order chi connectivity index (χ0) is 30.7. The number of anilines is 2. The van der Waals surface area contributed by atoms with Crippen LogP contribution in [0.3, 0.4) is 0 Å². The molecule has 4 rings (SSSR count). The van der Waals surface area contributed by atoms with Crippen molar-refractivity contribution in [3.05, 3.63) is 53.5 Å². The highest BCUT2D eigenvalue weighted by Gasteiger charge is 2.32. The number of nitrogens with zero attached hydrogens (tertiary/aromatic N) is 3. The molecular weight excluding hydrogens is 580 g/mol. The molecule has 0 bridgehead atoms. The van der Waals surface area contributed by atoms with Gasteiger partial charge in [0.2, 0.25) is 15.9 Å². The first-order valence-corrected chi connectivity index (χ1v) is 14.7. The lowest BCUT2D eigenvalue weighted by Gasteiger charge is -2.33. The Morgan fingerprint density at radius 2 is 2.00 bits per heavy atom. The van der Waals surface area contributed by atoms with Crippen molar-refractivity contribution in [3.8, 4) is 17.7 Å². The fourth-order valence-electron chi connectivity index (χ4n) is 4.63. The van der Waals surface area contributed by atoms with Crippen LogP contribution in [0.5, 0.6) is 5.88 Å². The topological polar surface area (TPSA) is 117 Å². The Balaban J connectivity index is 1.57. The van der Waals surface area contributed by atoms with E-state index in [1.54, 1.807) is 22.9 Å². The van der Waals surface area contributed by atoms with E-state index in [1.807, 2.05) is 11.9 Å². The van der Waals surface area contributed by atoms with Crippen LogP contribution in [0, 0.1) is 11.8 Å². The first kappa shape index (κ1) is 30.9. The monoisotopic (exact) mass is 610 g/mol. The number of carbonyl (C=O) groups excluding carboxylic acids is 1. The van der Waals surface area contributed by atoms with E-state index in [0.717, 1.165) is 6.26 Å². The summed E-state index contributed by atoms with van der Waals surface area (Å²) in [6, 6.07) is 7.10. The molecule has 0 saturated carbocycles. The van der Waals surface area contributed by atoms with Crippen LogP contribution < -0.4 is 20.1 Å². The van der Waals surface area contributed by atoms with Crippen LogP contribution >= 0.6 is 0 Å². The van der Waals surface area contributed by atoms with Gasteiger partial charge in [-0.2, -0.15) is 13.2 Å². The van der Waals surface area contributed by atoms with E-state index < -0.39 is 40.7 Å². The van der Waals surface area contributed by atoms with Gasteiger partial charge in [0.05, 0.1) is 49.3 Å². The average Bonchev–Trinajstić information content (AvgIpc) is 3.23.